The third kappa shape index (κ3) is 5.13. The monoisotopic (exact) mass is 650 g/mol. The molecule has 2 aromatic rings. The van der Waals surface area contributed by atoms with Crippen LogP contribution in [0, 0.1) is 0 Å². The number of alkyl halides is 3. The number of carbonyl (C=O) groups is 2. The maximum atomic E-state index is 14.4. The van der Waals surface area contributed by atoms with E-state index in [9.17, 15) is 18.4 Å². The number of hydrogen-bond acceptors (Lipinski definition) is 5. The first-order valence-electron chi connectivity index (χ1n) is 8.30. The molecular weight excluding hydrogens is 635 g/mol. The minimum atomic E-state index is -3.44. The second-order valence-corrected chi connectivity index (χ2v) is 11.6. The van der Waals surface area contributed by atoms with Crippen molar-refractivity contribution in [3.05, 3.63) is 66.2 Å². The molecule has 0 amide bonds. The number of halogens is 3. The molecule has 1 aliphatic heterocycles. The van der Waals surface area contributed by atoms with E-state index in [1.165, 1.54) is 0 Å². The molecule has 1 unspecified atom stereocenters. The van der Waals surface area contributed by atoms with Crippen molar-refractivity contribution in [1.82, 2.24) is 0 Å². The first kappa shape index (κ1) is 21.3. The first-order chi connectivity index (χ1) is 13.4. The second-order valence-electron chi connectivity index (χ2n) is 5.95. The number of ether oxygens (including phenoxy) is 3. The average molecular weight is 651 g/mol. The van der Waals surface area contributed by atoms with Crippen molar-refractivity contribution in [3.63, 3.8) is 0 Å². The second kappa shape index (κ2) is 9.37. The molecule has 0 radical (unpaired) electrons. The van der Waals surface area contributed by atoms with Crippen molar-refractivity contribution in [2.45, 2.75) is 23.1 Å². The van der Waals surface area contributed by atoms with Gasteiger partial charge >= 0.3 is 181 Å². The summed E-state index contributed by atoms with van der Waals surface area (Å²) in [5, 5.41) is -1.64. The summed E-state index contributed by atoms with van der Waals surface area (Å²) in [6, 6.07) is 17.1. The van der Waals surface area contributed by atoms with Crippen molar-refractivity contribution in [2.75, 3.05) is 6.61 Å². The Hall–Kier alpha value is -1.44. The molecular formula is C19H16BiBrF2O5. The summed E-state index contributed by atoms with van der Waals surface area (Å²) in [6.07, 6.45) is -3.10. The SMILES string of the molecule is O=[C](OC1[C@@H](COC(=O)c2ccccc2)O[C@H](Br)C1(F)F)[BiH][c]1ccccc1. The van der Waals surface area contributed by atoms with Gasteiger partial charge in [0.2, 0.25) is 0 Å². The van der Waals surface area contributed by atoms with Crippen LogP contribution in [0.2, 0.25) is 0 Å². The van der Waals surface area contributed by atoms with Crippen molar-refractivity contribution in [1.29, 1.82) is 0 Å². The van der Waals surface area contributed by atoms with Gasteiger partial charge in [0.1, 0.15) is 0 Å². The molecule has 0 saturated carbocycles. The quantitative estimate of drug-likeness (QED) is 0.274. The van der Waals surface area contributed by atoms with Crippen LogP contribution in [0.25, 0.3) is 0 Å². The molecule has 2 aromatic carbocycles. The van der Waals surface area contributed by atoms with Gasteiger partial charge in [0.25, 0.3) is 0 Å². The predicted molar refractivity (Wildman–Crippen MR) is 103 cm³/mol. The van der Waals surface area contributed by atoms with E-state index in [0.717, 1.165) is 3.27 Å². The van der Waals surface area contributed by atoms with Gasteiger partial charge in [-0.25, -0.2) is 0 Å². The van der Waals surface area contributed by atoms with Crippen LogP contribution in [0.5, 0.6) is 0 Å². The van der Waals surface area contributed by atoms with Crippen LogP contribution in [-0.4, -0.2) is 62.6 Å². The molecule has 1 saturated heterocycles. The predicted octanol–water partition coefficient (Wildman–Crippen LogP) is 2.87. The van der Waals surface area contributed by atoms with Crippen LogP contribution in [0.3, 0.4) is 0 Å². The van der Waals surface area contributed by atoms with Crippen LogP contribution < -0.4 is 3.27 Å². The summed E-state index contributed by atoms with van der Waals surface area (Å²) in [5.74, 6) is -4.11. The number of esters is 1. The zero-order chi connectivity index (χ0) is 20.1. The molecule has 3 rings (SSSR count). The van der Waals surface area contributed by atoms with Gasteiger partial charge in [0, 0.05) is 0 Å². The Morgan fingerprint density at radius 3 is 2.32 bits per heavy atom. The van der Waals surface area contributed by atoms with Gasteiger partial charge in [-0.05, 0) is 0 Å². The molecule has 0 aliphatic carbocycles. The van der Waals surface area contributed by atoms with Gasteiger partial charge in [0.05, 0.1) is 0 Å². The minimum absolute atomic E-state index is 0.288. The molecule has 0 spiro atoms. The molecule has 148 valence electrons. The molecule has 3 atom stereocenters. The summed E-state index contributed by atoms with van der Waals surface area (Å²) in [7, 11) is 0. The molecule has 28 heavy (non-hydrogen) atoms. The summed E-state index contributed by atoms with van der Waals surface area (Å²) < 4.78 is 44.4. The van der Waals surface area contributed by atoms with Gasteiger partial charge in [-0.15, -0.1) is 0 Å². The Kier molecular flexibility index (Phi) is 7.12. The van der Waals surface area contributed by atoms with Crippen LogP contribution in [0.1, 0.15) is 10.4 Å². The van der Waals surface area contributed by atoms with Crippen LogP contribution >= 0.6 is 15.9 Å². The van der Waals surface area contributed by atoms with Crippen LogP contribution in [0.4, 0.5) is 13.6 Å². The van der Waals surface area contributed by atoms with E-state index in [1.807, 2.05) is 6.07 Å². The molecule has 0 aromatic heterocycles. The topological polar surface area (TPSA) is 61.8 Å². The van der Waals surface area contributed by atoms with Gasteiger partial charge < -0.3 is 0 Å². The van der Waals surface area contributed by atoms with Gasteiger partial charge in [-0.2, -0.15) is 0 Å². The van der Waals surface area contributed by atoms with E-state index < -0.39 is 62.6 Å². The van der Waals surface area contributed by atoms with Crippen molar-refractivity contribution in [3.8, 4) is 0 Å². The van der Waals surface area contributed by atoms with Gasteiger partial charge in [-0.1, -0.05) is 0 Å². The molecule has 1 fully saturated rings. The summed E-state index contributed by atoms with van der Waals surface area (Å²) >= 11 is 0.649. The molecule has 1 aliphatic rings. The van der Waals surface area contributed by atoms with Gasteiger partial charge in [-0.3, -0.25) is 0 Å². The number of carbonyl (C=O) groups excluding carboxylic acids is 2. The molecule has 1 heterocycles. The molecule has 0 N–H and O–H groups in total. The van der Waals surface area contributed by atoms with E-state index in [1.54, 1.807) is 54.6 Å². The Morgan fingerprint density at radius 1 is 1.07 bits per heavy atom. The normalized spacial score (nSPS) is 23.2. The zero-order valence-corrected chi connectivity index (χ0v) is 19.9. The standard InChI is InChI=1S/C13H10BrF2O5.C6H5.Bi.H/c14-12-13(15,16)10(20-7-17)9(21-12)6-19-11(18)8-4-2-1-3-5-8;1-2-4-6-5-3-1;;/h1-5,9-10,12H,6H2;1-5H;;/t9-,10?,12+;;;/m1.../s1. The third-order valence-corrected chi connectivity index (χ3v) is 8.45. The van der Waals surface area contributed by atoms with E-state index in [4.69, 9.17) is 14.2 Å². The van der Waals surface area contributed by atoms with Crippen LogP contribution in [-0.2, 0) is 14.2 Å². The van der Waals surface area contributed by atoms with E-state index >= 15 is 0 Å². The molecule has 0 bridgehead atoms. The summed E-state index contributed by atoms with van der Waals surface area (Å²) in [5.41, 5.74) is 0.288. The molecule has 9 heteroatoms. The fraction of sp³-hybridized carbons (Fsp3) is 0.263. The third-order valence-electron chi connectivity index (χ3n) is 3.96. The Labute approximate surface area is 180 Å². The number of rotatable bonds is 6. The Morgan fingerprint density at radius 2 is 1.68 bits per heavy atom. The number of benzene rings is 2. The van der Waals surface area contributed by atoms with Crippen LogP contribution in [0.15, 0.2) is 60.7 Å². The Balaban J connectivity index is 1.64. The first-order valence-corrected chi connectivity index (χ1v) is 13.1. The van der Waals surface area contributed by atoms with Crippen molar-refractivity contribution >= 4 is 52.1 Å². The Bertz CT molecular complexity index is 822. The fourth-order valence-corrected chi connectivity index (χ4v) is 6.15. The zero-order valence-electron chi connectivity index (χ0n) is 14.4. The fourth-order valence-electron chi connectivity index (χ4n) is 2.57. The molecule has 5 nitrogen and oxygen atoms in total. The number of hydrogen-bond donors (Lipinski definition) is 0. The maximum absolute atomic E-state index is 14.4. The van der Waals surface area contributed by atoms with Crippen molar-refractivity contribution in [2.24, 2.45) is 0 Å². The van der Waals surface area contributed by atoms with Crippen molar-refractivity contribution < 1.29 is 32.6 Å². The van der Waals surface area contributed by atoms with E-state index in [2.05, 4.69) is 15.9 Å². The summed E-state index contributed by atoms with van der Waals surface area (Å²) in [4.78, 5) is 24.3. The van der Waals surface area contributed by atoms with Gasteiger partial charge in [0.15, 0.2) is 0 Å². The summed E-state index contributed by atoms with van der Waals surface area (Å²) in [6.45, 7) is -0.456. The average Bonchev–Trinajstić information content (AvgIpc) is 2.90. The van der Waals surface area contributed by atoms with E-state index in [-0.39, 0.29) is 5.56 Å². The van der Waals surface area contributed by atoms with E-state index in [0.29, 0.717) is 0 Å².